The molecule has 2 aromatic rings. The van der Waals surface area contributed by atoms with Crippen LogP contribution in [-0.2, 0) is 25.2 Å². The number of hydrogen-bond acceptors (Lipinski definition) is 11. The molecule has 2 aliphatic rings. The van der Waals surface area contributed by atoms with Crippen molar-refractivity contribution in [1.29, 1.82) is 0 Å². The maximum Gasteiger partial charge on any atom is 0.352 e. The van der Waals surface area contributed by atoms with Gasteiger partial charge in [0.15, 0.2) is 10.8 Å². The smallest absolute Gasteiger partial charge is 0.352 e. The Kier molecular flexibility index (Phi) is 7.09. The van der Waals surface area contributed by atoms with E-state index < -0.39 is 45.7 Å². The average Bonchev–Trinajstić information content (AvgIpc) is 3.26. The number of β-lactam (4-membered cyclic amide) rings is 1. The molecule has 2 amide bonds. The number of amides is 2. The summed E-state index contributed by atoms with van der Waals surface area (Å²) >= 11 is 2.32. The van der Waals surface area contributed by atoms with Crippen LogP contribution in [0.5, 0.6) is 5.75 Å². The fourth-order valence-electron chi connectivity index (χ4n) is 3.51. The van der Waals surface area contributed by atoms with E-state index in [1.807, 2.05) is 0 Å². The van der Waals surface area contributed by atoms with E-state index in [-0.39, 0.29) is 28.9 Å². The van der Waals surface area contributed by atoms with Crippen molar-refractivity contribution in [3.63, 3.8) is 0 Å². The average molecular weight is 538 g/mol. The quantitative estimate of drug-likeness (QED) is 0.160. The molecule has 0 spiro atoms. The van der Waals surface area contributed by atoms with Gasteiger partial charge < -0.3 is 26.1 Å². The highest BCUT2D eigenvalue weighted by atomic mass is 32.2. The lowest BCUT2D eigenvalue weighted by Gasteiger charge is -2.49. The van der Waals surface area contributed by atoms with Crippen molar-refractivity contribution < 1.29 is 33.6 Å². The summed E-state index contributed by atoms with van der Waals surface area (Å²) in [5, 5.41) is 25.4. The van der Waals surface area contributed by atoms with Gasteiger partial charge in [-0.05, 0) is 24.3 Å². The summed E-state index contributed by atoms with van der Waals surface area (Å²) < 4.78 is 17.2. The molecule has 1 aromatic carbocycles. The number of thioether (sulfide) groups is 1. The number of nitrogens with one attached hydrogen (secondary N) is 1. The van der Waals surface area contributed by atoms with E-state index in [9.17, 15) is 28.9 Å². The van der Waals surface area contributed by atoms with Gasteiger partial charge in [0.2, 0.25) is 0 Å². The Balaban J connectivity index is 1.46. The first-order valence-corrected chi connectivity index (χ1v) is 13.4. The Hall–Kier alpha value is -3.43. The topological polar surface area (TPSA) is 185 Å². The standard InChI is InChI=1S/C20H19N5O7S3/c1-35(31)11-4-2-10(3-5-11)32-6-9-7-33-18-14(17(27)25(18)15(9)19(28)29)23-16(26)13(24-30)12-8-34-20(21)22-12/h2-5,8,14,18,30H,6-7H2,1H3,(H2,21,22)(H,23,26)(H,28,29)/b24-13-/t14?,18-,35?/m1/s1. The predicted molar refractivity (Wildman–Crippen MR) is 129 cm³/mol. The normalized spacial score (nSPS) is 20.7. The number of nitrogens with zero attached hydrogens (tertiary/aromatic N) is 3. The first-order chi connectivity index (χ1) is 16.7. The summed E-state index contributed by atoms with van der Waals surface area (Å²) in [5.74, 6) is -2.04. The predicted octanol–water partition coefficient (Wildman–Crippen LogP) is 0.459. The van der Waals surface area contributed by atoms with Crippen molar-refractivity contribution in [2.45, 2.75) is 16.3 Å². The molecule has 0 saturated carbocycles. The molecule has 2 unspecified atom stereocenters. The van der Waals surface area contributed by atoms with E-state index in [0.717, 1.165) is 16.2 Å². The van der Waals surface area contributed by atoms with Crippen molar-refractivity contribution in [3.05, 3.63) is 46.6 Å². The van der Waals surface area contributed by atoms with Gasteiger partial charge in [0.05, 0.1) is 0 Å². The Bertz CT molecular complexity index is 1270. The number of ether oxygens (including phenoxy) is 1. The van der Waals surface area contributed by atoms with E-state index in [1.54, 1.807) is 30.5 Å². The Morgan fingerprint density at radius 1 is 1.37 bits per heavy atom. The number of nitrogen functional groups attached to an aromatic ring is 1. The SMILES string of the molecule is CS(=O)c1ccc(OCC2=C(C(=O)O)N3C(=O)C(NC(=O)/C(=N\O)c4csc(N)n4)[C@H]3SC2)cc1. The highest BCUT2D eigenvalue weighted by molar-refractivity contribution is 8.00. The first kappa shape index (κ1) is 24.7. The van der Waals surface area contributed by atoms with Crippen LogP contribution in [-0.4, -0.2) is 77.9 Å². The molecular formula is C20H19N5O7S3. The summed E-state index contributed by atoms with van der Waals surface area (Å²) in [6, 6.07) is 5.55. The number of anilines is 1. The molecule has 4 rings (SSSR count). The first-order valence-electron chi connectivity index (χ1n) is 9.91. The number of benzene rings is 1. The fraction of sp³-hybridized carbons (Fsp3) is 0.250. The van der Waals surface area contributed by atoms with Crippen LogP contribution in [0.3, 0.4) is 0 Å². The third kappa shape index (κ3) is 4.87. The number of aliphatic carboxylic acids is 1. The van der Waals surface area contributed by atoms with E-state index >= 15 is 0 Å². The lowest BCUT2D eigenvalue weighted by molar-refractivity contribution is -0.150. The number of aromatic nitrogens is 1. The molecule has 12 nitrogen and oxygen atoms in total. The number of oxime groups is 1. The van der Waals surface area contributed by atoms with Crippen molar-refractivity contribution in [3.8, 4) is 5.75 Å². The summed E-state index contributed by atoms with van der Waals surface area (Å²) in [4.78, 5) is 43.0. The van der Waals surface area contributed by atoms with Gasteiger partial charge in [-0.3, -0.25) is 18.7 Å². The number of carbonyl (C=O) groups excluding carboxylic acids is 2. The van der Waals surface area contributed by atoms with Crippen molar-refractivity contribution in [2.75, 3.05) is 24.3 Å². The van der Waals surface area contributed by atoms with Crippen molar-refractivity contribution in [2.24, 2.45) is 5.16 Å². The Labute approximate surface area is 209 Å². The van der Waals surface area contributed by atoms with Crippen LogP contribution >= 0.6 is 23.1 Å². The minimum absolute atomic E-state index is 0.0520. The molecule has 0 aliphatic carbocycles. The maximum absolute atomic E-state index is 12.8. The molecule has 3 heterocycles. The van der Waals surface area contributed by atoms with Crippen LogP contribution in [0.2, 0.25) is 0 Å². The van der Waals surface area contributed by atoms with Gasteiger partial charge in [0, 0.05) is 38.7 Å². The molecule has 1 saturated heterocycles. The second-order valence-corrected chi connectivity index (χ2v) is 10.7. The molecule has 35 heavy (non-hydrogen) atoms. The van der Waals surface area contributed by atoms with Crippen LogP contribution in [0.15, 0.2) is 51.0 Å². The maximum atomic E-state index is 12.8. The number of nitrogens with two attached hydrogens (primary N) is 1. The fourth-order valence-corrected chi connectivity index (χ4v) is 5.91. The van der Waals surface area contributed by atoms with Gasteiger partial charge in [0.1, 0.15) is 35.2 Å². The van der Waals surface area contributed by atoms with E-state index in [4.69, 9.17) is 10.5 Å². The van der Waals surface area contributed by atoms with Gasteiger partial charge in [-0.1, -0.05) is 5.16 Å². The lowest BCUT2D eigenvalue weighted by Crippen LogP contribution is -2.71. The number of carboxylic acids is 1. The Morgan fingerprint density at radius 2 is 2.09 bits per heavy atom. The lowest BCUT2D eigenvalue weighted by atomic mass is 10.0. The molecule has 0 bridgehead atoms. The van der Waals surface area contributed by atoms with Gasteiger partial charge in [-0.2, -0.15) is 0 Å². The number of hydrogen-bond donors (Lipinski definition) is 4. The number of fused-ring (bicyclic) bond motifs is 1. The zero-order valence-corrected chi connectivity index (χ0v) is 20.5. The van der Waals surface area contributed by atoms with Crippen LogP contribution in [0.1, 0.15) is 5.69 Å². The molecule has 15 heteroatoms. The third-order valence-corrected chi connectivity index (χ3v) is 8.13. The molecule has 1 fully saturated rings. The molecule has 3 atom stereocenters. The van der Waals surface area contributed by atoms with E-state index in [1.165, 1.54) is 17.1 Å². The van der Waals surface area contributed by atoms with E-state index in [2.05, 4.69) is 15.5 Å². The number of carboxylic acid groups (broad SMARTS) is 1. The van der Waals surface area contributed by atoms with Crippen molar-refractivity contribution in [1.82, 2.24) is 15.2 Å². The van der Waals surface area contributed by atoms with Crippen LogP contribution in [0, 0.1) is 0 Å². The van der Waals surface area contributed by atoms with Gasteiger partial charge in [-0.25, -0.2) is 9.78 Å². The largest absolute Gasteiger partial charge is 0.489 e. The monoisotopic (exact) mass is 537 g/mol. The minimum atomic E-state index is -1.29. The third-order valence-electron chi connectivity index (χ3n) is 5.18. The molecular weight excluding hydrogens is 518 g/mol. The van der Waals surface area contributed by atoms with Gasteiger partial charge >= 0.3 is 5.97 Å². The second kappa shape index (κ2) is 10.1. The summed E-state index contributed by atoms with van der Waals surface area (Å²) in [7, 11) is -1.13. The van der Waals surface area contributed by atoms with E-state index in [0.29, 0.717) is 16.2 Å². The summed E-state index contributed by atoms with van der Waals surface area (Å²) in [6.07, 6.45) is 1.56. The zero-order valence-electron chi connectivity index (χ0n) is 18.0. The van der Waals surface area contributed by atoms with Crippen molar-refractivity contribution >= 4 is 62.5 Å². The van der Waals surface area contributed by atoms with Gasteiger partial charge in [0.25, 0.3) is 11.8 Å². The van der Waals surface area contributed by atoms with Gasteiger partial charge in [-0.15, -0.1) is 23.1 Å². The van der Waals surface area contributed by atoms with Crippen LogP contribution in [0.4, 0.5) is 5.13 Å². The number of thiazole rings is 1. The second-order valence-electron chi connectivity index (χ2n) is 7.35. The number of carbonyl (C=O) groups is 3. The molecule has 5 N–H and O–H groups in total. The molecule has 2 aliphatic heterocycles. The molecule has 184 valence electrons. The zero-order chi connectivity index (χ0) is 25.3. The van der Waals surface area contributed by atoms with Crippen LogP contribution < -0.4 is 15.8 Å². The molecule has 1 aromatic heterocycles. The number of rotatable bonds is 8. The summed E-state index contributed by atoms with van der Waals surface area (Å²) in [5.41, 5.74) is 5.39. The highest BCUT2D eigenvalue weighted by Crippen LogP contribution is 2.40. The highest BCUT2D eigenvalue weighted by Gasteiger charge is 2.54. The van der Waals surface area contributed by atoms with Crippen LogP contribution in [0.25, 0.3) is 0 Å². The minimum Gasteiger partial charge on any atom is -0.489 e. The molecule has 0 radical (unpaired) electrons. The summed E-state index contributed by atoms with van der Waals surface area (Å²) in [6.45, 7) is -0.0662. The Morgan fingerprint density at radius 3 is 2.66 bits per heavy atom.